The molecule has 4 heteroatoms. The third kappa shape index (κ3) is 3.38. The Balaban J connectivity index is 1.57. The minimum Gasteiger partial charge on any atom is -0.338 e. The largest absolute Gasteiger partial charge is 0.338 e. The maximum Gasteiger partial charge on any atom is 0.257 e. The van der Waals surface area contributed by atoms with Gasteiger partial charge in [0.25, 0.3) is 5.91 Å². The van der Waals surface area contributed by atoms with Gasteiger partial charge in [0.1, 0.15) is 0 Å². The molecule has 0 radical (unpaired) electrons. The molecule has 116 valence electrons. The molecule has 22 heavy (non-hydrogen) atoms. The number of piperidine rings is 1. The number of rotatable bonds is 4. The molecule has 1 fully saturated rings. The zero-order valence-electron chi connectivity index (χ0n) is 13.1. The van der Waals surface area contributed by atoms with E-state index in [2.05, 4.69) is 41.4 Å². The molecule has 0 bridgehead atoms. The smallest absolute Gasteiger partial charge is 0.257 e. The first-order valence-corrected chi connectivity index (χ1v) is 8.06. The number of hydrogen-bond donors (Lipinski definition) is 1. The standard InChI is InChI=1S/C18H23N3O/c1-14-5-2-3-7-16(14)9-8-15-6-4-10-21(13-15)18(22)17-11-19-20-12-17/h2-3,5,7,11-12,15H,4,6,8-10,13H2,1H3,(H,19,20)/t15-/m0/s1. The highest BCUT2D eigenvalue weighted by Gasteiger charge is 2.24. The Kier molecular flexibility index (Phi) is 4.56. The Morgan fingerprint density at radius 1 is 1.41 bits per heavy atom. The second-order valence-electron chi connectivity index (χ2n) is 6.21. The van der Waals surface area contributed by atoms with Gasteiger partial charge in [0.05, 0.1) is 11.8 Å². The van der Waals surface area contributed by atoms with Gasteiger partial charge in [-0.05, 0) is 49.7 Å². The minimum absolute atomic E-state index is 0.106. The maximum atomic E-state index is 12.4. The summed E-state index contributed by atoms with van der Waals surface area (Å²) in [5.41, 5.74) is 3.46. The molecular formula is C18H23N3O. The van der Waals surface area contributed by atoms with E-state index in [-0.39, 0.29) is 5.91 Å². The van der Waals surface area contributed by atoms with Gasteiger partial charge in [0.2, 0.25) is 0 Å². The number of nitrogens with one attached hydrogen (secondary N) is 1. The van der Waals surface area contributed by atoms with Gasteiger partial charge in [-0.15, -0.1) is 0 Å². The molecule has 3 rings (SSSR count). The fraction of sp³-hybridized carbons (Fsp3) is 0.444. The van der Waals surface area contributed by atoms with Gasteiger partial charge in [-0.25, -0.2) is 0 Å². The van der Waals surface area contributed by atoms with Crippen molar-refractivity contribution >= 4 is 5.91 Å². The summed E-state index contributed by atoms with van der Waals surface area (Å²) in [6.45, 7) is 3.91. The second-order valence-corrected chi connectivity index (χ2v) is 6.21. The summed E-state index contributed by atoms with van der Waals surface area (Å²) < 4.78 is 0. The minimum atomic E-state index is 0.106. The first-order valence-electron chi connectivity index (χ1n) is 8.06. The lowest BCUT2D eigenvalue weighted by molar-refractivity contribution is 0.0668. The molecule has 0 aliphatic carbocycles. The molecule has 2 aromatic rings. The maximum absolute atomic E-state index is 12.4. The Morgan fingerprint density at radius 3 is 3.05 bits per heavy atom. The lowest BCUT2D eigenvalue weighted by atomic mass is 9.90. The van der Waals surface area contributed by atoms with Crippen molar-refractivity contribution in [2.75, 3.05) is 13.1 Å². The quantitative estimate of drug-likeness (QED) is 0.942. The summed E-state index contributed by atoms with van der Waals surface area (Å²) in [7, 11) is 0. The van der Waals surface area contributed by atoms with Crippen molar-refractivity contribution in [3.63, 3.8) is 0 Å². The van der Waals surface area contributed by atoms with Gasteiger partial charge in [-0.1, -0.05) is 24.3 Å². The molecule has 1 aliphatic heterocycles. The number of nitrogens with zero attached hydrogens (tertiary/aromatic N) is 2. The van der Waals surface area contributed by atoms with E-state index in [0.717, 1.165) is 32.4 Å². The number of aromatic nitrogens is 2. The number of aromatic amines is 1. The van der Waals surface area contributed by atoms with Crippen LogP contribution in [0.3, 0.4) is 0 Å². The highest BCUT2D eigenvalue weighted by molar-refractivity contribution is 5.93. The Bertz CT molecular complexity index is 621. The number of likely N-dealkylation sites (tertiary alicyclic amines) is 1. The molecule has 4 nitrogen and oxygen atoms in total. The van der Waals surface area contributed by atoms with E-state index < -0.39 is 0 Å². The van der Waals surface area contributed by atoms with Crippen LogP contribution >= 0.6 is 0 Å². The molecule has 0 spiro atoms. The van der Waals surface area contributed by atoms with Gasteiger partial charge in [-0.3, -0.25) is 9.89 Å². The van der Waals surface area contributed by atoms with Crippen LogP contribution in [-0.2, 0) is 6.42 Å². The topological polar surface area (TPSA) is 49.0 Å². The normalized spacial score (nSPS) is 18.4. The zero-order chi connectivity index (χ0) is 15.4. The predicted octanol–water partition coefficient (Wildman–Crippen LogP) is 3.20. The van der Waals surface area contributed by atoms with Crippen molar-refractivity contribution in [1.29, 1.82) is 0 Å². The van der Waals surface area contributed by atoms with Gasteiger partial charge in [-0.2, -0.15) is 5.10 Å². The molecule has 1 aromatic heterocycles. The van der Waals surface area contributed by atoms with Crippen LogP contribution in [0.5, 0.6) is 0 Å². The number of carbonyl (C=O) groups is 1. The van der Waals surface area contributed by atoms with E-state index in [4.69, 9.17) is 0 Å². The van der Waals surface area contributed by atoms with E-state index in [9.17, 15) is 4.79 Å². The number of amides is 1. The monoisotopic (exact) mass is 297 g/mol. The van der Waals surface area contributed by atoms with Crippen molar-refractivity contribution in [3.8, 4) is 0 Å². The van der Waals surface area contributed by atoms with Gasteiger partial charge >= 0.3 is 0 Å². The molecule has 2 heterocycles. The average Bonchev–Trinajstić information content (AvgIpc) is 3.08. The van der Waals surface area contributed by atoms with Crippen LogP contribution in [0.4, 0.5) is 0 Å². The molecule has 0 unspecified atom stereocenters. The van der Waals surface area contributed by atoms with E-state index >= 15 is 0 Å². The van der Waals surface area contributed by atoms with E-state index in [0.29, 0.717) is 11.5 Å². The van der Waals surface area contributed by atoms with Gasteiger partial charge < -0.3 is 4.90 Å². The van der Waals surface area contributed by atoms with Crippen molar-refractivity contribution in [2.24, 2.45) is 5.92 Å². The molecule has 1 aliphatic rings. The van der Waals surface area contributed by atoms with Crippen LogP contribution in [0.2, 0.25) is 0 Å². The van der Waals surface area contributed by atoms with E-state index in [1.165, 1.54) is 17.5 Å². The van der Waals surface area contributed by atoms with Crippen molar-refractivity contribution in [3.05, 3.63) is 53.3 Å². The summed E-state index contributed by atoms with van der Waals surface area (Å²) >= 11 is 0. The third-order valence-electron chi connectivity index (χ3n) is 4.63. The van der Waals surface area contributed by atoms with Gasteiger partial charge in [0, 0.05) is 19.3 Å². The number of benzene rings is 1. The van der Waals surface area contributed by atoms with Crippen LogP contribution < -0.4 is 0 Å². The fourth-order valence-electron chi connectivity index (χ4n) is 3.29. The molecule has 1 N–H and O–H groups in total. The lowest BCUT2D eigenvalue weighted by Crippen LogP contribution is -2.39. The fourth-order valence-corrected chi connectivity index (χ4v) is 3.29. The number of carbonyl (C=O) groups excluding carboxylic acids is 1. The average molecular weight is 297 g/mol. The molecule has 1 atom stereocenters. The second kappa shape index (κ2) is 6.77. The summed E-state index contributed by atoms with van der Waals surface area (Å²) in [6, 6.07) is 8.58. The summed E-state index contributed by atoms with van der Waals surface area (Å²) in [5.74, 6) is 0.707. The Hall–Kier alpha value is -2.10. The van der Waals surface area contributed by atoms with Crippen LogP contribution in [0, 0.1) is 12.8 Å². The number of hydrogen-bond acceptors (Lipinski definition) is 2. The molecule has 1 saturated heterocycles. The highest BCUT2D eigenvalue weighted by atomic mass is 16.2. The van der Waals surface area contributed by atoms with Crippen LogP contribution in [-0.4, -0.2) is 34.1 Å². The van der Waals surface area contributed by atoms with Crippen molar-refractivity contribution < 1.29 is 4.79 Å². The van der Waals surface area contributed by atoms with Crippen LogP contribution in [0.15, 0.2) is 36.7 Å². The van der Waals surface area contributed by atoms with Crippen LogP contribution in [0.1, 0.15) is 40.7 Å². The van der Waals surface area contributed by atoms with Crippen LogP contribution in [0.25, 0.3) is 0 Å². The lowest BCUT2D eigenvalue weighted by Gasteiger charge is -2.32. The van der Waals surface area contributed by atoms with Crippen molar-refractivity contribution in [2.45, 2.75) is 32.6 Å². The molecule has 1 aromatic carbocycles. The Labute approximate surface area is 131 Å². The summed E-state index contributed by atoms with van der Waals surface area (Å²) in [4.78, 5) is 14.4. The SMILES string of the molecule is Cc1ccccc1CC[C@@H]1CCCN(C(=O)c2cn[nH]c2)C1. The number of H-pyrrole nitrogens is 1. The highest BCUT2D eigenvalue weighted by Crippen LogP contribution is 2.23. The number of aryl methyl sites for hydroxylation is 2. The van der Waals surface area contributed by atoms with Gasteiger partial charge in [0.15, 0.2) is 0 Å². The summed E-state index contributed by atoms with van der Waals surface area (Å²) in [6.07, 6.45) is 7.87. The third-order valence-corrected chi connectivity index (χ3v) is 4.63. The first kappa shape index (κ1) is 14.8. The predicted molar refractivity (Wildman–Crippen MR) is 86.7 cm³/mol. The Morgan fingerprint density at radius 2 is 2.27 bits per heavy atom. The summed E-state index contributed by atoms with van der Waals surface area (Å²) in [5, 5.41) is 6.59. The molecule has 1 amide bonds. The van der Waals surface area contributed by atoms with E-state index in [1.807, 2.05) is 4.90 Å². The molecular weight excluding hydrogens is 274 g/mol. The first-order chi connectivity index (χ1) is 10.7. The zero-order valence-corrected chi connectivity index (χ0v) is 13.1. The van der Waals surface area contributed by atoms with Crippen molar-refractivity contribution in [1.82, 2.24) is 15.1 Å². The molecule has 0 saturated carbocycles. The van der Waals surface area contributed by atoms with E-state index in [1.54, 1.807) is 12.4 Å².